The van der Waals surface area contributed by atoms with Gasteiger partial charge in [-0.15, -0.1) is 0 Å². The van der Waals surface area contributed by atoms with E-state index in [-0.39, 0.29) is 23.0 Å². The monoisotopic (exact) mass is 464 g/mol. The van der Waals surface area contributed by atoms with Crippen molar-refractivity contribution in [1.29, 1.82) is 0 Å². The van der Waals surface area contributed by atoms with E-state index < -0.39 is 0 Å². The minimum atomic E-state index is -0.290. The molecule has 1 amide bonds. The van der Waals surface area contributed by atoms with Crippen LogP contribution in [0.25, 0.3) is 0 Å². The van der Waals surface area contributed by atoms with E-state index in [2.05, 4.69) is 48.9 Å². The average Bonchev–Trinajstić information content (AvgIpc) is 2.87. The minimum absolute atomic E-state index is 0.137. The van der Waals surface area contributed by atoms with Crippen LogP contribution in [0.3, 0.4) is 0 Å². The van der Waals surface area contributed by atoms with E-state index in [0.29, 0.717) is 5.92 Å². The first-order valence-corrected chi connectivity index (χ1v) is 12.6. The van der Waals surface area contributed by atoms with Crippen LogP contribution in [0.4, 0.5) is 0 Å². The van der Waals surface area contributed by atoms with Gasteiger partial charge in [0, 0.05) is 37.2 Å². The molecule has 3 atom stereocenters. The molecule has 2 unspecified atom stereocenters. The molecule has 0 N–H and O–H groups in total. The molecule has 184 valence electrons. The molecule has 1 saturated heterocycles. The molecule has 5 nitrogen and oxygen atoms in total. The highest BCUT2D eigenvalue weighted by molar-refractivity contribution is 5.94. The van der Waals surface area contributed by atoms with Crippen LogP contribution >= 0.6 is 0 Å². The number of rotatable bonds is 7. The minimum Gasteiger partial charge on any atom is -0.497 e. The third-order valence-electron chi connectivity index (χ3n) is 8.08. The second-order valence-corrected chi connectivity index (χ2v) is 10.6. The number of methoxy groups -OCH3 is 2. The highest BCUT2D eigenvalue weighted by Crippen LogP contribution is 2.54. The SMILES string of the molecule is COc1cccc(C23CCN(C)CC2(OC)CC[C@H](N(CC(C)C)C(=O)c2ccccc2)C3)c1. The summed E-state index contributed by atoms with van der Waals surface area (Å²) in [6.07, 6.45) is 3.76. The number of fused-ring (bicyclic) bond motifs is 1. The molecule has 2 aromatic rings. The van der Waals surface area contributed by atoms with Gasteiger partial charge in [0.2, 0.25) is 0 Å². The fourth-order valence-corrected chi connectivity index (χ4v) is 6.40. The second-order valence-electron chi connectivity index (χ2n) is 10.6. The summed E-state index contributed by atoms with van der Waals surface area (Å²) in [5.41, 5.74) is 1.56. The van der Waals surface area contributed by atoms with Gasteiger partial charge in [-0.25, -0.2) is 0 Å². The lowest BCUT2D eigenvalue weighted by atomic mass is 9.55. The number of benzene rings is 2. The molecule has 2 fully saturated rings. The third kappa shape index (κ3) is 4.48. The number of carbonyl (C=O) groups is 1. The number of ether oxygens (including phenoxy) is 2. The maximum atomic E-state index is 13.7. The van der Waals surface area contributed by atoms with Crippen LogP contribution in [0.5, 0.6) is 5.75 Å². The normalized spacial score (nSPS) is 27.3. The predicted molar refractivity (Wildman–Crippen MR) is 136 cm³/mol. The highest BCUT2D eigenvalue weighted by atomic mass is 16.5. The number of hydrogen-bond acceptors (Lipinski definition) is 4. The summed E-state index contributed by atoms with van der Waals surface area (Å²) in [6.45, 7) is 7.05. The van der Waals surface area contributed by atoms with Gasteiger partial charge >= 0.3 is 0 Å². The first-order chi connectivity index (χ1) is 16.3. The largest absolute Gasteiger partial charge is 0.497 e. The van der Waals surface area contributed by atoms with Crippen LogP contribution < -0.4 is 4.74 Å². The van der Waals surface area contributed by atoms with Crippen molar-refractivity contribution in [2.45, 2.75) is 56.6 Å². The van der Waals surface area contributed by atoms with Crippen molar-refractivity contribution in [3.05, 3.63) is 65.7 Å². The molecule has 0 aromatic heterocycles. The molecule has 0 spiro atoms. The maximum absolute atomic E-state index is 13.7. The first-order valence-electron chi connectivity index (χ1n) is 12.6. The number of nitrogens with zero attached hydrogens (tertiary/aromatic N) is 2. The van der Waals surface area contributed by atoms with Crippen molar-refractivity contribution < 1.29 is 14.3 Å². The van der Waals surface area contributed by atoms with Crippen molar-refractivity contribution in [2.24, 2.45) is 5.92 Å². The molecule has 4 rings (SSSR count). The van der Waals surface area contributed by atoms with Gasteiger partial charge in [0.1, 0.15) is 5.75 Å². The Morgan fingerprint density at radius 3 is 2.56 bits per heavy atom. The first kappa shape index (κ1) is 24.7. The van der Waals surface area contributed by atoms with Crippen molar-refractivity contribution >= 4 is 5.91 Å². The van der Waals surface area contributed by atoms with Crippen molar-refractivity contribution in [1.82, 2.24) is 9.80 Å². The Bertz CT molecular complexity index is 978. The maximum Gasteiger partial charge on any atom is 0.254 e. The number of hydrogen-bond donors (Lipinski definition) is 0. The van der Waals surface area contributed by atoms with Crippen LogP contribution in [-0.4, -0.2) is 68.3 Å². The predicted octanol–water partition coefficient (Wildman–Crippen LogP) is 5.00. The summed E-state index contributed by atoms with van der Waals surface area (Å²) in [5.74, 6) is 1.40. The summed E-state index contributed by atoms with van der Waals surface area (Å²) >= 11 is 0. The standard InChI is InChI=1S/C29H40N2O3/c1-22(2)20-31(27(32)23-10-7-6-8-11-23)25-14-15-29(34-5)21-30(3)17-16-28(29,19-25)24-12-9-13-26(18-24)33-4/h6-13,18,22,25H,14-17,19-21H2,1-5H3/t25-,28?,29?/m0/s1. The van der Waals surface area contributed by atoms with Crippen LogP contribution in [-0.2, 0) is 10.2 Å². The Balaban J connectivity index is 1.77. The van der Waals surface area contributed by atoms with Gasteiger partial charge in [0.15, 0.2) is 0 Å². The van der Waals surface area contributed by atoms with Crippen molar-refractivity contribution in [3.8, 4) is 5.75 Å². The second kappa shape index (κ2) is 10.1. The smallest absolute Gasteiger partial charge is 0.254 e. The molecule has 2 aliphatic rings. The molecular formula is C29H40N2O3. The molecule has 1 heterocycles. The Morgan fingerprint density at radius 2 is 1.88 bits per heavy atom. The van der Waals surface area contributed by atoms with Crippen LogP contribution in [0.15, 0.2) is 54.6 Å². The zero-order valence-electron chi connectivity index (χ0n) is 21.4. The zero-order valence-corrected chi connectivity index (χ0v) is 21.4. The van der Waals surface area contributed by atoms with Gasteiger partial charge in [-0.1, -0.05) is 44.2 Å². The lowest BCUT2D eigenvalue weighted by molar-refractivity contribution is -0.150. The molecule has 2 aromatic carbocycles. The van der Waals surface area contributed by atoms with Gasteiger partial charge < -0.3 is 19.3 Å². The Labute approximate surface area is 205 Å². The number of likely N-dealkylation sites (N-methyl/N-ethyl adjacent to an activating group) is 1. The van der Waals surface area contributed by atoms with E-state index >= 15 is 0 Å². The van der Waals surface area contributed by atoms with Crippen molar-refractivity contribution in [3.63, 3.8) is 0 Å². The van der Waals surface area contributed by atoms with E-state index in [1.54, 1.807) is 7.11 Å². The van der Waals surface area contributed by atoms with E-state index in [0.717, 1.165) is 56.6 Å². The number of carbonyl (C=O) groups excluding carboxylic acids is 1. The van der Waals surface area contributed by atoms with Gasteiger partial charge in [-0.05, 0) is 75.0 Å². The Kier molecular flexibility index (Phi) is 7.34. The zero-order chi connectivity index (χ0) is 24.3. The molecule has 5 heteroatoms. The summed E-state index contributed by atoms with van der Waals surface area (Å²) in [4.78, 5) is 18.3. The summed E-state index contributed by atoms with van der Waals surface area (Å²) < 4.78 is 12.1. The summed E-state index contributed by atoms with van der Waals surface area (Å²) in [6, 6.07) is 18.4. The lowest BCUT2D eigenvalue weighted by Crippen LogP contribution is -2.67. The van der Waals surface area contributed by atoms with E-state index in [1.165, 1.54) is 5.56 Å². The van der Waals surface area contributed by atoms with Gasteiger partial charge in [-0.2, -0.15) is 0 Å². The molecule has 34 heavy (non-hydrogen) atoms. The van der Waals surface area contributed by atoms with Gasteiger partial charge in [-0.3, -0.25) is 4.79 Å². The topological polar surface area (TPSA) is 42.0 Å². The molecular weight excluding hydrogens is 424 g/mol. The van der Waals surface area contributed by atoms with E-state index in [4.69, 9.17) is 9.47 Å². The summed E-state index contributed by atoms with van der Waals surface area (Å²) in [5, 5.41) is 0. The van der Waals surface area contributed by atoms with Crippen molar-refractivity contribution in [2.75, 3.05) is 40.9 Å². The Morgan fingerprint density at radius 1 is 1.12 bits per heavy atom. The van der Waals surface area contributed by atoms with E-state index in [1.807, 2.05) is 43.5 Å². The quantitative estimate of drug-likeness (QED) is 0.578. The molecule has 1 saturated carbocycles. The highest BCUT2D eigenvalue weighted by Gasteiger charge is 2.59. The van der Waals surface area contributed by atoms with Gasteiger partial charge in [0.25, 0.3) is 5.91 Å². The number of likely N-dealkylation sites (tertiary alicyclic amines) is 1. The van der Waals surface area contributed by atoms with Crippen LogP contribution in [0.1, 0.15) is 55.5 Å². The van der Waals surface area contributed by atoms with Crippen LogP contribution in [0, 0.1) is 5.92 Å². The Hall–Kier alpha value is -2.37. The fraction of sp³-hybridized carbons (Fsp3) is 0.552. The lowest BCUT2D eigenvalue weighted by Gasteiger charge is -2.60. The van der Waals surface area contributed by atoms with E-state index in [9.17, 15) is 4.79 Å². The molecule has 1 aliphatic carbocycles. The number of piperidine rings is 1. The van der Waals surface area contributed by atoms with Crippen LogP contribution in [0.2, 0.25) is 0 Å². The molecule has 1 aliphatic heterocycles. The third-order valence-corrected chi connectivity index (χ3v) is 8.08. The number of amides is 1. The summed E-state index contributed by atoms with van der Waals surface area (Å²) in [7, 11) is 5.78. The molecule has 0 bridgehead atoms. The van der Waals surface area contributed by atoms with Gasteiger partial charge in [0.05, 0.1) is 12.7 Å². The average molecular weight is 465 g/mol. The molecule has 0 radical (unpaired) electrons. The fourth-order valence-electron chi connectivity index (χ4n) is 6.40.